The standard InChI is InChI=1S/C33H32N2O6/c1-22-9-11-24(12-10-22)20-35(31(36)17-23-7-5-4-6-8-23)32(25-13-16-28-30(18-25)41-21-40-28)33(37)34-27-15-14-26(38-2)19-29(27)39-3/h4-16,18-19,32H,17,20-21H2,1-3H3,(H,34,37). The molecule has 1 aliphatic rings. The summed E-state index contributed by atoms with van der Waals surface area (Å²) in [5.74, 6) is 1.53. The molecule has 5 rings (SSSR count). The van der Waals surface area contributed by atoms with Crippen LogP contribution in [0.15, 0.2) is 91.0 Å². The number of rotatable bonds is 10. The Hall–Kier alpha value is -4.98. The molecule has 2 amide bonds. The van der Waals surface area contributed by atoms with Gasteiger partial charge in [-0.1, -0.05) is 66.2 Å². The summed E-state index contributed by atoms with van der Waals surface area (Å²) in [6.45, 7) is 2.32. The predicted molar refractivity (Wildman–Crippen MR) is 155 cm³/mol. The van der Waals surface area contributed by atoms with Gasteiger partial charge in [0.2, 0.25) is 12.7 Å². The molecular weight excluding hydrogens is 520 g/mol. The molecule has 1 unspecified atom stereocenters. The molecule has 0 aromatic heterocycles. The molecule has 1 N–H and O–H groups in total. The minimum absolute atomic E-state index is 0.0959. The first-order valence-electron chi connectivity index (χ1n) is 13.3. The average molecular weight is 553 g/mol. The number of amides is 2. The van der Waals surface area contributed by atoms with Gasteiger partial charge in [-0.3, -0.25) is 9.59 Å². The van der Waals surface area contributed by atoms with Gasteiger partial charge in [-0.15, -0.1) is 0 Å². The highest BCUT2D eigenvalue weighted by Crippen LogP contribution is 2.37. The minimum Gasteiger partial charge on any atom is -0.497 e. The average Bonchev–Trinajstić information content (AvgIpc) is 3.47. The second-order valence-electron chi connectivity index (χ2n) is 9.74. The Morgan fingerprint density at radius 1 is 0.854 bits per heavy atom. The summed E-state index contributed by atoms with van der Waals surface area (Å²) >= 11 is 0. The number of carbonyl (C=O) groups is 2. The molecule has 8 heteroatoms. The number of ether oxygens (including phenoxy) is 4. The lowest BCUT2D eigenvalue weighted by atomic mass is 10.0. The molecular formula is C33H32N2O6. The lowest BCUT2D eigenvalue weighted by molar-refractivity contribution is -0.139. The van der Waals surface area contributed by atoms with E-state index in [1.165, 1.54) is 7.11 Å². The van der Waals surface area contributed by atoms with Crippen molar-refractivity contribution in [3.63, 3.8) is 0 Å². The van der Waals surface area contributed by atoms with Crippen LogP contribution in [0.25, 0.3) is 0 Å². The van der Waals surface area contributed by atoms with Crippen molar-refractivity contribution in [3.05, 3.63) is 113 Å². The number of hydrogen-bond acceptors (Lipinski definition) is 6. The summed E-state index contributed by atoms with van der Waals surface area (Å²) in [7, 11) is 3.08. The number of fused-ring (bicyclic) bond motifs is 1. The summed E-state index contributed by atoms with van der Waals surface area (Å²) < 4.78 is 22.0. The van der Waals surface area contributed by atoms with Crippen molar-refractivity contribution >= 4 is 17.5 Å². The Bertz CT molecular complexity index is 1520. The maximum absolute atomic E-state index is 14.2. The molecule has 0 radical (unpaired) electrons. The van der Waals surface area contributed by atoms with E-state index < -0.39 is 11.9 Å². The van der Waals surface area contributed by atoms with Gasteiger partial charge in [-0.05, 0) is 47.9 Å². The predicted octanol–water partition coefficient (Wildman–Crippen LogP) is 5.69. The first-order valence-corrected chi connectivity index (χ1v) is 13.3. The molecule has 1 heterocycles. The van der Waals surface area contributed by atoms with Gasteiger partial charge < -0.3 is 29.2 Å². The fraction of sp³-hybridized carbons (Fsp3) is 0.212. The third-order valence-corrected chi connectivity index (χ3v) is 6.93. The topological polar surface area (TPSA) is 86.3 Å². The van der Waals surface area contributed by atoms with Crippen LogP contribution in [0.5, 0.6) is 23.0 Å². The van der Waals surface area contributed by atoms with Crippen molar-refractivity contribution < 1.29 is 28.5 Å². The maximum Gasteiger partial charge on any atom is 0.251 e. The fourth-order valence-electron chi connectivity index (χ4n) is 4.74. The smallest absolute Gasteiger partial charge is 0.251 e. The van der Waals surface area contributed by atoms with Crippen LogP contribution in [-0.2, 0) is 22.6 Å². The van der Waals surface area contributed by atoms with Gasteiger partial charge in [-0.25, -0.2) is 0 Å². The number of nitrogens with one attached hydrogen (secondary N) is 1. The number of benzene rings is 4. The lowest BCUT2D eigenvalue weighted by Gasteiger charge is -2.32. The van der Waals surface area contributed by atoms with Gasteiger partial charge in [0.1, 0.15) is 17.5 Å². The molecule has 0 bridgehead atoms. The van der Waals surface area contributed by atoms with Crippen LogP contribution in [0.3, 0.4) is 0 Å². The van der Waals surface area contributed by atoms with E-state index in [9.17, 15) is 9.59 Å². The number of carbonyl (C=O) groups excluding carboxylic acids is 2. The second kappa shape index (κ2) is 12.5. The van der Waals surface area contributed by atoms with E-state index in [2.05, 4.69) is 5.32 Å². The normalized spacial score (nSPS) is 12.4. The Morgan fingerprint density at radius 2 is 1.61 bits per heavy atom. The zero-order valence-electron chi connectivity index (χ0n) is 23.3. The third kappa shape index (κ3) is 6.44. The van der Waals surface area contributed by atoms with Crippen molar-refractivity contribution in [3.8, 4) is 23.0 Å². The SMILES string of the molecule is COc1ccc(NC(=O)C(c2ccc3c(c2)OCO3)N(Cc2ccc(C)cc2)C(=O)Cc2ccccc2)c(OC)c1. The summed E-state index contributed by atoms with van der Waals surface area (Å²) in [5.41, 5.74) is 3.90. The fourth-order valence-corrected chi connectivity index (χ4v) is 4.74. The summed E-state index contributed by atoms with van der Waals surface area (Å²) in [4.78, 5) is 29.9. The van der Waals surface area contributed by atoms with E-state index in [0.717, 1.165) is 16.7 Å². The summed E-state index contributed by atoms with van der Waals surface area (Å²) in [5, 5.41) is 2.99. The summed E-state index contributed by atoms with van der Waals surface area (Å²) in [6, 6.07) is 26.9. The Kier molecular flexibility index (Phi) is 8.39. The van der Waals surface area contributed by atoms with E-state index in [1.807, 2.05) is 61.5 Å². The number of anilines is 1. The van der Waals surface area contributed by atoms with Crippen LogP contribution in [-0.4, -0.2) is 37.7 Å². The molecule has 0 saturated heterocycles. The van der Waals surface area contributed by atoms with Gasteiger partial charge in [0.25, 0.3) is 5.91 Å². The van der Waals surface area contributed by atoms with Gasteiger partial charge in [0.05, 0.1) is 26.3 Å². The Labute approximate surface area is 239 Å². The second-order valence-corrected chi connectivity index (χ2v) is 9.74. The molecule has 41 heavy (non-hydrogen) atoms. The van der Waals surface area contributed by atoms with Crippen molar-refractivity contribution in [2.24, 2.45) is 0 Å². The molecule has 8 nitrogen and oxygen atoms in total. The number of hydrogen-bond donors (Lipinski definition) is 1. The lowest BCUT2D eigenvalue weighted by Crippen LogP contribution is -2.41. The van der Waals surface area contributed by atoms with Gasteiger partial charge in [0.15, 0.2) is 11.5 Å². The van der Waals surface area contributed by atoms with Gasteiger partial charge >= 0.3 is 0 Å². The molecule has 210 valence electrons. The molecule has 1 atom stereocenters. The van der Waals surface area contributed by atoms with Gasteiger partial charge in [0, 0.05) is 12.6 Å². The van der Waals surface area contributed by atoms with E-state index in [-0.39, 0.29) is 25.7 Å². The minimum atomic E-state index is -0.992. The van der Waals surface area contributed by atoms with E-state index >= 15 is 0 Å². The molecule has 4 aromatic carbocycles. The van der Waals surface area contributed by atoms with Crippen molar-refractivity contribution in [2.45, 2.75) is 25.9 Å². The molecule has 0 fully saturated rings. The summed E-state index contributed by atoms with van der Waals surface area (Å²) in [6.07, 6.45) is 0.132. The first kappa shape index (κ1) is 27.6. The molecule has 0 aliphatic carbocycles. The molecule has 0 saturated carbocycles. The van der Waals surface area contributed by atoms with Crippen molar-refractivity contribution in [1.29, 1.82) is 0 Å². The monoisotopic (exact) mass is 552 g/mol. The number of nitrogens with zero attached hydrogens (tertiary/aromatic N) is 1. The highest BCUT2D eigenvalue weighted by atomic mass is 16.7. The highest BCUT2D eigenvalue weighted by molar-refractivity contribution is 5.99. The molecule has 0 spiro atoms. The number of aryl methyl sites for hydroxylation is 1. The van der Waals surface area contributed by atoms with Crippen molar-refractivity contribution in [2.75, 3.05) is 26.3 Å². The van der Waals surface area contributed by atoms with E-state index in [4.69, 9.17) is 18.9 Å². The van der Waals surface area contributed by atoms with Crippen LogP contribution in [0.4, 0.5) is 5.69 Å². The Balaban J connectivity index is 1.57. The maximum atomic E-state index is 14.2. The van der Waals surface area contributed by atoms with Crippen LogP contribution < -0.4 is 24.3 Å². The number of methoxy groups -OCH3 is 2. The molecule has 1 aliphatic heterocycles. The molecule has 4 aromatic rings. The highest BCUT2D eigenvalue weighted by Gasteiger charge is 2.33. The van der Waals surface area contributed by atoms with Crippen LogP contribution in [0.2, 0.25) is 0 Å². The quantitative estimate of drug-likeness (QED) is 0.272. The van der Waals surface area contributed by atoms with Crippen molar-refractivity contribution in [1.82, 2.24) is 4.90 Å². The largest absolute Gasteiger partial charge is 0.497 e. The van der Waals surface area contributed by atoms with Crippen LogP contribution >= 0.6 is 0 Å². The van der Waals surface area contributed by atoms with E-state index in [1.54, 1.807) is 48.4 Å². The zero-order valence-corrected chi connectivity index (χ0v) is 23.3. The van der Waals surface area contributed by atoms with Crippen LogP contribution in [0.1, 0.15) is 28.3 Å². The van der Waals surface area contributed by atoms with Gasteiger partial charge in [-0.2, -0.15) is 0 Å². The first-order chi connectivity index (χ1) is 19.9. The third-order valence-electron chi connectivity index (χ3n) is 6.93. The van der Waals surface area contributed by atoms with E-state index in [0.29, 0.717) is 34.2 Å². The van der Waals surface area contributed by atoms with Crippen LogP contribution in [0, 0.1) is 6.92 Å². The zero-order chi connectivity index (χ0) is 28.8. The Morgan fingerprint density at radius 3 is 2.34 bits per heavy atom.